The second kappa shape index (κ2) is 3.94. The van der Waals surface area contributed by atoms with Gasteiger partial charge in [0, 0.05) is 0 Å². The molecule has 1 rings (SSSR count). The van der Waals surface area contributed by atoms with Crippen LogP contribution in [-0.2, 0) is 0 Å². The topological polar surface area (TPSA) is 0 Å². The molecule has 0 aromatic heterocycles. The SMILES string of the molecule is CC.CC(C)C1CC1. The van der Waals surface area contributed by atoms with Gasteiger partial charge in [0.1, 0.15) is 0 Å². The largest absolute Gasteiger partial charge is 0.0683 e. The summed E-state index contributed by atoms with van der Waals surface area (Å²) >= 11 is 0. The molecule has 0 aromatic carbocycles. The highest BCUT2D eigenvalue weighted by molar-refractivity contribution is 4.75. The van der Waals surface area contributed by atoms with Crippen LogP contribution in [0.25, 0.3) is 0 Å². The minimum Gasteiger partial charge on any atom is -0.0683 e. The van der Waals surface area contributed by atoms with Gasteiger partial charge in [-0.1, -0.05) is 27.7 Å². The van der Waals surface area contributed by atoms with Crippen LogP contribution in [0.5, 0.6) is 0 Å². The molecule has 0 aliphatic heterocycles. The standard InChI is InChI=1S/C6H12.C2H6/c1-5(2)6-3-4-6;1-2/h5-6H,3-4H2,1-2H3;1-2H3. The summed E-state index contributed by atoms with van der Waals surface area (Å²) in [6.07, 6.45) is 3.00. The molecular formula is C8H18. The van der Waals surface area contributed by atoms with Crippen LogP contribution in [0.15, 0.2) is 0 Å². The van der Waals surface area contributed by atoms with E-state index in [0.717, 1.165) is 11.8 Å². The first-order valence-corrected chi connectivity index (χ1v) is 3.80. The normalized spacial score (nSPS) is 17.6. The van der Waals surface area contributed by atoms with Crippen molar-refractivity contribution in [3.8, 4) is 0 Å². The van der Waals surface area contributed by atoms with E-state index in [1.165, 1.54) is 12.8 Å². The lowest BCUT2D eigenvalue weighted by Gasteiger charge is -1.94. The van der Waals surface area contributed by atoms with Crippen molar-refractivity contribution in [1.29, 1.82) is 0 Å². The van der Waals surface area contributed by atoms with Gasteiger partial charge >= 0.3 is 0 Å². The fourth-order valence-corrected chi connectivity index (χ4v) is 0.763. The molecule has 50 valence electrons. The second-order valence-corrected chi connectivity index (χ2v) is 2.58. The Morgan fingerprint density at radius 1 is 1.12 bits per heavy atom. The van der Waals surface area contributed by atoms with Gasteiger partial charge in [-0.15, -0.1) is 0 Å². The monoisotopic (exact) mass is 114 g/mol. The first kappa shape index (κ1) is 8.00. The summed E-state index contributed by atoms with van der Waals surface area (Å²) in [5, 5.41) is 0. The highest BCUT2D eigenvalue weighted by Gasteiger charge is 2.23. The van der Waals surface area contributed by atoms with Crippen molar-refractivity contribution < 1.29 is 0 Å². The molecule has 1 saturated carbocycles. The molecule has 0 radical (unpaired) electrons. The average Bonchev–Trinajstić information content (AvgIpc) is 2.50. The summed E-state index contributed by atoms with van der Waals surface area (Å²) in [6, 6.07) is 0. The zero-order chi connectivity index (χ0) is 6.57. The van der Waals surface area contributed by atoms with Gasteiger partial charge in [0.05, 0.1) is 0 Å². The van der Waals surface area contributed by atoms with Crippen molar-refractivity contribution in [1.82, 2.24) is 0 Å². The predicted molar refractivity (Wildman–Crippen MR) is 38.9 cm³/mol. The van der Waals surface area contributed by atoms with Crippen LogP contribution in [0.2, 0.25) is 0 Å². The zero-order valence-electron chi connectivity index (χ0n) is 6.57. The Labute approximate surface area is 53.3 Å². The van der Waals surface area contributed by atoms with Gasteiger partial charge in [-0.2, -0.15) is 0 Å². The maximum absolute atomic E-state index is 2.30. The third-order valence-corrected chi connectivity index (χ3v) is 1.56. The van der Waals surface area contributed by atoms with Crippen molar-refractivity contribution in [3.63, 3.8) is 0 Å². The van der Waals surface area contributed by atoms with Crippen molar-refractivity contribution in [2.24, 2.45) is 11.8 Å². The Hall–Kier alpha value is 0. The summed E-state index contributed by atoms with van der Waals surface area (Å²) in [7, 11) is 0. The van der Waals surface area contributed by atoms with Crippen molar-refractivity contribution in [2.75, 3.05) is 0 Å². The number of hydrogen-bond acceptors (Lipinski definition) is 0. The zero-order valence-corrected chi connectivity index (χ0v) is 6.57. The van der Waals surface area contributed by atoms with E-state index >= 15 is 0 Å². The van der Waals surface area contributed by atoms with Crippen LogP contribution >= 0.6 is 0 Å². The molecule has 0 nitrogen and oxygen atoms in total. The van der Waals surface area contributed by atoms with E-state index in [0.29, 0.717) is 0 Å². The van der Waals surface area contributed by atoms with Crippen LogP contribution in [0, 0.1) is 11.8 Å². The fourth-order valence-electron chi connectivity index (χ4n) is 0.763. The molecular weight excluding hydrogens is 96.1 g/mol. The Morgan fingerprint density at radius 2 is 1.50 bits per heavy atom. The molecule has 8 heavy (non-hydrogen) atoms. The van der Waals surface area contributed by atoms with Crippen molar-refractivity contribution in [3.05, 3.63) is 0 Å². The summed E-state index contributed by atoms with van der Waals surface area (Å²) in [6.45, 7) is 8.61. The van der Waals surface area contributed by atoms with Gasteiger partial charge < -0.3 is 0 Å². The van der Waals surface area contributed by atoms with E-state index in [1.807, 2.05) is 13.8 Å². The van der Waals surface area contributed by atoms with Crippen LogP contribution in [-0.4, -0.2) is 0 Å². The van der Waals surface area contributed by atoms with Gasteiger partial charge in [-0.25, -0.2) is 0 Å². The first-order chi connectivity index (χ1) is 3.80. The van der Waals surface area contributed by atoms with E-state index < -0.39 is 0 Å². The van der Waals surface area contributed by atoms with Crippen LogP contribution in [0.3, 0.4) is 0 Å². The molecule has 0 N–H and O–H groups in total. The molecule has 0 heterocycles. The molecule has 0 amide bonds. The second-order valence-electron chi connectivity index (χ2n) is 2.58. The van der Waals surface area contributed by atoms with E-state index in [1.54, 1.807) is 0 Å². The number of hydrogen-bond donors (Lipinski definition) is 0. The highest BCUT2D eigenvalue weighted by Crippen LogP contribution is 2.35. The van der Waals surface area contributed by atoms with Crippen LogP contribution in [0.4, 0.5) is 0 Å². The number of rotatable bonds is 1. The smallest absolute Gasteiger partial charge is 0.0391 e. The molecule has 1 aliphatic carbocycles. The summed E-state index contributed by atoms with van der Waals surface area (Å²) in [4.78, 5) is 0. The van der Waals surface area contributed by atoms with Gasteiger partial charge in [-0.05, 0) is 24.7 Å². The Morgan fingerprint density at radius 3 is 1.50 bits per heavy atom. The summed E-state index contributed by atoms with van der Waals surface area (Å²) in [5.74, 6) is 2.06. The van der Waals surface area contributed by atoms with Gasteiger partial charge in [0.15, 0.2) is 0 Å². The third kappa shape index (κ3) is 3.06. The van der Waals surface area contributed by atoms with Gasteiger partial charge in [0.25, 0.3) is 0 Å². The predicted octanol–water partition coefficient (Wildman–Crippen LogP) is 3.08. The first-order valence-electron chi connectivity index (χ1n) is 3.80. The van der Waals surface area contributed by atoms with Crippen LogP contribution in [0.1, 0.15) is 40.5 Å². The Bertz CT molecular complexity index is 42.0. The fraction of sp³-hybridized carbons (Fsp3) is 1.00. The Kier molecular flexibility index (Phi) is 3.94. The van der Waals surface area contributed by atoms with Gasteiger partial charge in [0.2, 0.25) is 0 Å². The minimum absolute atomic E-state index is 0.963. The molecule has 0 bridgehead atoms. The minimum atomic E-state index is 0.963. The van der Waals surface area contributed by atoms with E-state index in [2.05, 4.69) is 13.8 Å². The van der Waals surface area contributed by atoms with Crippen molar-refractivity contribution >= 4 is 0 Å². The molecule has 1 aliphatic rings. The lowest BCUT2D eigenvalue weighted by atomic mass is 10.1. The Balaban J connectivity index is 0.000000222. The van der Waals surface area contributed by atoms with E-state index in [-0.39, 0.29) is 0 Å². The molecule has 0 unspecified atom stereocenters. The third-order valence-electron chi connectivity index (χ3n) is 1.56. The van der Waals surface area contributed by atoms with Crippen molar-refractivity contribution in [2.45, 2.75) is 40.5 Å². The lowest BCUT2D eigenvalue weighted by molar-refractivity contribution is 0.563. The molecule has 0 aromatic rings. The van der Waals surface area contributed by atoms with Gasteiger partial charge in [-0.3, -0.25) is 0 Å². The maximum Gasteiger partial charge on any atom is -0.0391 e. The summed E-state index contributed by atoms with van der Waals surface area (Å²) in [5.41, 5.74) is 0. The highest BCUT2D eigenvalue weighted by atomic mass is 14.3. The summed E-state index contributed by atoms with van der Waals surface area (Å²) < 4.78 is 0. The molecule has 0 spiro atoms. The molecule has 0 atom stereocenters. The van der Waals surface area contributed by atoms with E-state index in [9.17, 15) is 0 Å². The molecule has 0 heteroatoms. The maximum atomic E-state index is 2.30. The average molecular weight is 114 g/mol. The molecule has 1 fully saturated rings. The van der Waals surface area contributed by atoms with E-state index in [4.69, 9.17) is 0 Å². The lowest BCUT2D eigenvalue weighted by Crippen LogP contribution is -1.85. The quantitative estimate of drug-likeness (QED) is 0.491. The molecule has 0 saturated heterocycles. The van der Waals surface area contributed by atoms with Crippen LogP contribution < -0.4 is 0 Å².